The molecule has 1 aromatic carbocycles. The SMILES string of the molecule is CCCNC(=O)c1cc(-c2ccc(OCCOC(N)=O)cc2)n(-c2ccc(OC)nc2)n1. The Kier molecular flexibility index (Phi) is 7.63. The van der Waals surface area contributed by atoms with Crippen molar-refractivity contribution >= 4 is 12.0 Å². The van der Waals surface area contributed by atoms with Crippen LogP contribution in [0, 0.1) is 0 Å². The van der Waals surface area contributed by atoms with Gasteiger partial charge < -0.3 is 25.3 Å². The minimum atomic E-state index is -0.844. The van der Waals surface area contributed by atoms with E-state index in [-0.39, 0.29) is 19.1 Å². The maximum atomic E-state index is 12.5. The van der Waals surface area contributed by atoms with Crippen molar-refractivity contribution in [3.8, 4) is 28.6 Å². The molecule has 2 heterocycles. The summed E-state index contributed by atoms with van der Waals surface area (Å²) in [6, 6.07) is 12.5. The molecule has 3 rings (SSSR count). The van der Waals surface area contributed by atoms with E-state index in [2.05, 4.69) is 20.1 Å². The highest BCUT2D eigenvalue weighted by Crippen LogP contribution is 2.26. The average Bonchev–Trinajstić information content (AvgIpc) is 3.26. The van der Waals surface area contributed by atoms with Gasteiger partial charge >= 0.3 is 6.09 Å². The number of nitrogens with one attached hydrogen (secondary N) is 1. The number of nitrogens with zero attached hydrogens (tertiary/aromatic N) is 3. The number of pyridine rings is 1. The smallest absolute Gasteiger partial charge is 0.404 e. The summed E-state index contributed by atoms with van der Waals surface area (Å²) in [6.07, 6.45) is 1.61. The van der Waals surface area contributed by atoms with Crippen LogP contribution in [0.25, 0.3) is 16.9 Å². The lowest BCUT2D eigenvalue weighted by Crippen LogP contribution is -2.24. The quantitative estimate of drug-likeness (QED) is 0.464. The van der Waals surface area contributed by atoms with Gasteiger partial charge in [-0.15, -0.1) is 0 Å². The Morgan fingerprint density at radius 3 is 2.53 bits per heavy atom. The van der Waals surface area contributed by atoms with Crippen LogP contribution < -0.4 is 20.5 Å². The third-order valence-corrected chi connectivity index (χ3v) is 4.40. The van der Waals surface area contributed by atoms with Gasteiger partial charge in [-0.2, -0.15) is 5.10 Å². The van der Waals surface area contributed by atoms with Crippen molar-refractivity contribution in [2.75, 3.05) is 26.9 Å². The molecule has 2 aromatic heterocycles. The number of amides is 2. The third-order valence-electron chi connectivity index (χ3n) is 4.40. The summed E-state index contributed by atoms with van der Waals surface area (Å²) in [4.78, 5) is 27.3. The number of carbonyl (C=O) groups excluding carboxylic acids is 2. The summed E-state index contributed by atoms with van der Waals surface area (Å²) in [6.45, 7) is 2.79. The second-order valence-corrected chi connectivity index (χ2v) is 6.68. The number of methoxy groups -OCH3 is 1. The van der Waals surface area contributed by atoms with Gasteiger partial charge in [0.2, 0.25) is 5.88 Å². The lowest BCUT2D eigenvalue weighted by molar-refractivity contribution is 0.0948. The summed E-state index contributed by atoms with van der Waals surface area (Å²) >= 11 is 0. The van der Waals surface area contributed by atoms with E-state index in [1.807, 2.05) is 25.1 Å². The van der Waals surface area contributed by atoms with Crippen molar-refractivity contribution in [3.63, 3.8) is 0 Å². The minimum Gasteiger partial charge on any atom is -0.490 e. The van der Waals surface area contributed by atoms with Gasteiger partial charge in [-0.3, -0.25) is 4.79 Å². The van der Waals surface area contributed by atoms with Gasteiger partial charge in [0.1, 0.15) is 19.0 Å². The molecule has 0 unspecified atom stereocenters. The highest BCUT2D eigenvalue weighted by molar-refractivity contribution is 5.93. The first kappa shape index (κ1) is 22.6. The van der Waals surface area contributed by atoms with E-state index < -0.39 is 6.09 Å². The average molecular weight is 439 g/mol. The van der Waals surface area contributed by atoms with Crippen molar-refractivity contribution < 1.29 is 23.8 Å². The normalized spacial score (nSPS) is 10.4. The molecule has 0 saturated heterocycles. The number of rotatable bonds is 10. The maximum Gasteiger partial charge on any atom is 0.404 e. The van der Waals surface area contributed by atoms with Crippen molar-refractivity contribution in [1.82, 2.24) is 20.1 Å². The van der Waals surface area contributed by atoms with Gasteiger partial charge in [0.05, 0.1) is 24.7 Å². The minimum absolute atomic E-state index is 0.0601. The van der Waals surface area contributed by atoms with Crippen molar-refractivity contribution in [2.24, 2.45) is 5.73 Å². The Hall–Kier alpha value is -4.08. The number of primary amides is 1. The molecule has 0 bridgehead atoms. The molecule has 10 nitrogen and oxygen atoms in total. The predicted molar refractivity (Wildman–Crippen MR) is 117 cm³/mol. The number of carbonyl (C=O) groups is 2. The van der Waals surface area contributed by atoms with Gasteiger partial charge in [0.25, 0.3) is 5.91 Å². The molecular formula is C22H25N5O5. The van der Waals surface area contributed by atoms with Gasteiger partial charge in [0, 0.05) is 18.2 Å². The second-order valence-electron chi connectivity index (χ2n) is 6.68. The first-order valence-electron chi connectivity index (χ1n) is 10.1. The molecule has 0 fully saturated rings. The van der Waals surface area contributed by atoms with Gasteiger partial charge in [-0.05, 0) is 42.8 Å². The van der Waals surface area contributed by atoms with Gasteiger partial charge in [0.15, 0.2) is 5.69 Å². The molecule has 3 N–H and O–H groups in total. The molecule has 0 aliphatic carbocycles. The molecule has 32 heavy (non-hydrogen) atoms. The highest BCUT2D eigenvalue weighted by Gasteiger charge is 2.17. The zero-order valence-electron chi connectivity index (χ0n) is 17.9. The van der Waals surface area contributed by atoms with Crippen molar-refractivity contribution in [1.29, 1.82) is 0 Å². The predicted octanol–water partition coefficient (Wildman–Crippen LogP) is 2.56. The molecular weight excluding hydrogens is 414 g/mol. The largest absolute Gasteiger partial charge is 0.490 e. The van der Waals surface area contributed by atoms with Crippen LogP contribution in [0.2, 0.25) is 0 Å². The summed E-state index contributed by atoms with van der Waals surface area (Å²) in [5.41, 5.74) is 7.43. The number of ether oxygens (including phenoxy) is 3. The number of aromatic nitrogens is 3. The first-order valence-corrected chi connectivity index (χ1v) is 10.1. The van der Waals surface area contributed by atoms with Crippen molar-refractivity contribution in [3.05, 3.63) is 54.4 Å². The van der Waals surface area contributed by atoms with E-state index in [0.717, 1.165) is 12.0 Å². The standard InChI is InChI=1S/C22H25N5O5/c1-3-10-24-21(28)18-13-19(27(26-18)16-6-9-20(30-2)25-14-16)15-4-7-17(8-5-15)31-11-12-32-22(23)29/h4-9,13-14H,3,10-12H2,1-2H3,(H2,23,29)(H,24,28). The molecule has 0 spiro atoms. The van der Waals surface area contributed by atoms with Gasteiger partial charge in [-0.25, -0.2) is 14.5 Å². The Labute approximate surface area is 185 Å². The fourth-order valence-corrected chi connectivity index (χ4v) is 2.87. The molecule has 3 aromatic rings. The van der Waals surface area contributed by atoms with E-state index in [4.69, 9.17) is 15.2 Å². The summed E-state index contributed by atoms with van der Waals surface area (Å²) in [5.74, 6) is 0.827. The maximum absolute atomic E-state index is 12.5. The fourth-order valence-electron chi connectivity index (χ4n) is 2.87. The lowest BCUT2D eigenvalue weighted by Gasteiger charge is -2.09. The zero-order valence-corrected chi connectivity index (χ0v) is 17.9. The fraction of sp³-hybridized carbons (Fsp3) is 0.273. The van der Waals surface area contributed by atoms with E-state index in [9.17, 15) is 9.59 Å². The van der Waals surface area contributed by atoms with E-state index in [1.54, 1.807) is 42.3 Å². The van der Waals surface area contributed by atoms with E-state index in [0.29, 0.717) is 35.2 Å². The topological polar surface area (TPSA) is 131 Å². The molecule has 10 heteroatoms. The zero-order chi connectivity index (χ0) is 22.9. The van der Waals surface area contributed by atoms with Gasteiger partial charge in [-0.1, -0.05) is 6.92 Å². The van der Waals surface area contributed by atoms with Crippen molar-refractivity contribution in [2.45, 2.75) is 13.3 Å². The highest BCUT2D eigenvalue weighted by atomic mass is 16.6. The van der Waals surface area contributed by atoms with Crippen LogP contribution in [-0.2, 0) is 4.74 Å². The number of hydrogen-bond acceptors (Lipinski definition) is 7. The molecule has 0 atom stereocenters. The number of hydrogen-bond donors (Lipinski definition) is 2. The van der Waals surface area contributed by atoms with E-state index >= 15 is 0 Å². The summed E-state index contributed by atoms with van der Waals surface area (Å²) in [5, 5.41) is 7.34. The summed E-state index contributed by atoms with van der Waals surface area (Å²) in [7, 11) is 1.54. The molecule has 168 valence electrons. The number of nitrogens with two attached hydrogens (primary N) is 1. The Bertz CT molecular complexity index is 1050. The monoisotopic (exact) mass is 439 g/mol. The molecule has 0 radical (unpaired) electrons. The lowest BCUT2D eigenvalue weighted by atomic mass is 10.1. The number of benzene rings is 1. The third kappa shape index (κ3) is 5.75. The van der Waals surface area contributed by atoms with E-state index in [1.165, 1.54) is 0 Å². The molecule has 2 amide bonds. The molecule has 0 aliphatic heterocycles. The Morgan fingerprint density at radius 2 is 1.91 bits per heavy atom. The first-order chi connectivity index (χ1) is 15.5. The Morgan fingerprint density at radius 1 is 1.12 bits per heavy atom. The van der Waals surface area contributed by atoms with Crippen LogP contribution in [0.3, 0.4) is 0 Å². The van der Waals surface area contributed by atoms with Crippen LogP contribution in [-0.4, -0.2) is 53.6 Å². The van der Waals surface area contributed by atoms with Crippen LogP contribution >= 0.6 is 0 Å². The summed E-state index contributed by atoms with van der Waals surface area (Å²) < 4.78 is 17.0. The second kappa shape index (κ2) is 10.8. The Balaban J connectivity index is 1.86. The van der Waals surface area contributed by atoms with Crippen LogP contribution in [0.1, 0.15) is 23.8 Å². The molecule has 0 aliphatic rings. The molecule has 0 saturated carbocycles. The van der Waals surface area contributed by atoms with Crippen LogP contribution in [0.5, 0.6) is 11.6 Å². The van der Waals surface area contributed by atoms with Crippen LogP contribution in [0.4, 0.5) is 4.79 Å². The van der Waals surface area contributed by atoms with Crippen LogP contribution in [0.15, 0.2) is 48.7 Å².